The summed E-state index contributed by atoms with van der Waals surface area (Å²) in [5.41, 5.74) is 2.80. The molecule has 1 saturated heterocycles. The van der Waals surface area contributed by atoms with Crippen LogP contribution in [-0.2, 0) is 13.1 Å². The summed E-state index contributed by atoms with van der Waals surface area (Å²) in [6.07, 6.45) is 8.35. The van der Waals surface area contributed by atoms with E-state index in [-0.39, 0.29) is 0 Å². The largest absolute Gasteiger partial charge is 0.371 e. The Hall–Kier alpha value is -1.81. The highest BCUT2D eigenvalue weighted by molar-refractivity contribution is 5.54. The fourth-order valence-electron chi connectivity index (χ4n) is 2.99. The lowest BCUT2D eigenvalue weighted by Gasteiger charge is -2.22. The van der Waals surface area contributed by atoms with E-state index in [1.807, 2.05) is 18.7 Å². The van der Waals surface area contributed by atoms with Gasteiger partial charge in [0, 0.05) is 50.3 Å². The number of imidazole rings is 1. The number of nitrogens with one attached hydrogen (secondary N) is 1. The summed E-state index contributed by atoms with van der Waals surface area (Å²) >= 11 is 0. The van der Waals surface area contributed by atoms with Gasteiger partial charge >= 0.3 is 0 Å². The third-order valence-corrected chi connectivity index (χ3v) is 4.12. The molecule has 0 amide bonds. The van der Waals surface area contributed by atoms with Gasteiger partial charge in [0.1, 0.15) is 0 Å². The van der Waals surface area contributed by atoms with Crippen LogP contribution in [0.4, 0.5) is 5.69 Å². The van der Waals surface area contributed by atoms with Crippen molar-refractivity contribution in [2.24, 2.45) is 0 Å². The lowest BCUT2D eigenvalue weighted by molar-refractivity contribution is 0.476. The summed E-state index contributed by atoms with van der Waals surface area (Å²) in [6, 6.07) is 9.20. The minimum absolute atomic E-state index is 0.422. The summed E-state index contributed by atoms with van der Waals surface area (Å²) in [6.45, 7) is 6.48. The molecule has 1 aliphatic heterocycles. The number of hydrogen-bond donors (Lipinski definition) is 1. The average Bonchev–Trinajstić information content (AvgIpc) is 3.18. The van der Waals surface area contributed by atoms with Gasteiger partial charge < -0.3 is 14.8 Å². The molecule has 0 saturated carbocycles. The maximum Gasteiger partial charge on any atom is 0.0946 e. The predicted octanol–water partition coefficient (Wildman–Crippen LogP) is 2.66. The Morgan fingerprint density at radius 2 is 2.05 bits per heavy atom. The van der Waals surface area contributed by atoms with Crippen molar-refractivity contribution in [3.63, 3.8) is 0 Å². The molecular weight excluding hydrogens is 260 g/mol. The summed E-state index contributed by atoms with van der Waals surface area (Å²) < 4.78 is 2.12. The van der Waals surface area contributed by atoms with E-state index < -0.39 is 0 Å². The Balaban J connectivity index is 1.59. The lowest BCUT2D eigenvalue weighted by Crippen LogP contribution is -2.30. The van der Waals surface area contributed by atoms with E-state index in [1.54, 1.807) is 0 Å². The molecular formula is C17H24N4. The number of benzene rings is 1. The fraction of sp³-hybridized carbons (Fsp3) is 0.471. The van der Waals surface area contributed by atoms with Crippen LogP contribution >= 0.6 is 0 Å². The van der Waals surface area contributed by atoms with Gasteiger partial charge in [0.15, 0.2) is 0 Å². The first kappa shape index (κ1) is 14.1. The minimum atomic E-state index is 0.422. The average molecular weight is 284 g/mol. The van der Waals surface area contributed by atoms with Crippen molar-refractivity contribution < 1.29 is 0 Å². The van der Waals surface area contributed by atoms with Crippen LogP contribution in [0.1, 0.15) is 25.3 Å². The predicted molar refractivity (Wildman–Crippen MR) is 86.4 cm³/mol. The van der Waals surface area contributed by atoms with Crippen LogP contribution in [0.2, 0.25) is 0 Å². The lowest BCUT2D eigenvalue weighted by atomic mass is 10.1. The molecule has 0 aliphatic carbocycles. The van der Waals surface area contributed by atoms with Gasteiger partial charge in [-0.3, -0.25) is 0 Å². The van der Waals surface area contributed by atoms with Crippen LogP contribution in [0, 0.1) is 0 Å². The molecule has 0 bridgehead atoms. The van der Waals surface area contributed by atoms with Crippen LogP contribution < -0.4 is 10.2 Å². The molecule has 1 unspecified atom stereocenters. The van der Waals surface area contributed by atoms with Crippen molar-refractivity contribution in [1.29, 1.82) is 0 Å². The molecule has 4 heteroatoms. The van der Waals surface area contributed by atoms with Crippen molar-refractivity contribution >= 4 is 5.69 Å². The second-order valence-electron chi connectivity index (χ2n) is 5.86. The molecule has 2 aromatic rings. The number of nitrogens with zero attached hydrogens (tertiary/aromatic N) is 3. The van der Waals surface area contributed by atoms with Gasteiger partial charge in [-0.15, -0.1) is 0 Å². The number of anilines is 1. The molecule has 1 atom stereocenters. The molecule has 1 fully saturated rings. The van der Waals surface area contributed by atoms with E-state index in [4.69, 9.17) is 0 Å². The topological polar surface area (TPSA) is 33.1 Å². The number of para-hydroxylation sites is 1. The van der Waals surface area contributed by atoms with E-state index in [0.29, 0.717) is 6.04 Å². The highest BCUT2D eigenvalue weighted by Crippen LogP contribution is 2.24. The van der Waals surface area contributed by atoms with E-state index >= 15 is 0 Å². The molecule has 0 spiro atoms. The zero-order valence-electron chi connectivity index (χ0n) is 12.7. The molecule has 112 valence electrons. The second-order valence-corrected chi connectivity index (χ2v) is 5.86. The summed E-state index contributed by atoms with van der Waals surface area (Å²) in [5, 5.41) is 3.63. The molecule has 2 heterocycles. The van der Waals surface area contributed by atoms with Gasteiger partial charge in [0.25, 0.3) is 0 Å². The van der Waals surface area contributed by atoms with E-state index in [9.17, 15) is 0 Å². The first-order valence-electron chi connectivity index (χ1n) is 7.85. The fourth-order valence-corrected chi connectivity index (χ4v) is 2.99. The van der Waals surface area contributed by atoms with Gasteiger partial charge in [-0.2, -0.15) is 0 Å². The van der Waals surface area contributed by atoms with Gasteiger partial charge in [0.2, 0.25) is 0 Å². The number of rotatable bonds is 6. The Labute approximate surface area is 126 Å². The zero-order valence-corrected chi connectivity index (χ0v) is 12.7. The summed E-state index contributed by atoms with van der Waals surface area (Å²) in [4.78, 5) is 6.60. The Kier molecular flexibility index (Phi) is 4.55. The van der Waals surface area contributed by atoms with Gasteiger partial charge in [-0.1, -0.05) is 18.2 Å². The van der Waals surface area contributed by atoms with E-state index in [2.05, 4.69) is 51.0 Å². The monoisotopic (exact) mass is 284 g/mol. The van der Waals surface area contributed by atoms with Crippen LogP contribution in [0.3, 0.4) is 0 Å². The molecule has 1 aromatic heterocycles. The van der Waals surface area contributed by atoms with Crippen LogP contribution in [-0.4, -0.2) is 28.7 Å². The van der Waals surface area contributed by atoms with Crippen molar-refractivity contribution in [3.05, 3.63) is 48.5 Å². The van der Waals surface area contributed by atoms with Gasteiger partial charge in [0.05, 0.1) is 6.33 Å². The minimum Gasteiger partial charge on any atom is -0.371 e. The van der Waals surface area contributed by atoms with Crippen molar-refractivity contribution in [2.75, 3.05) is 18.0 Å². The van der Waals surface area contributed by atoms with Crippen molar-refractivity contribution in [2.45, 2.75) is 38.9 Å². The molecule has 4 nitrogen and oxygen atoms in total. The third kappa shape index (κ3) is 3.64. The molecule has 0 radical (unpaired) electrons. The quantitative estimate of drug-likeness (QED) is 0.885. The zero-order chi connectivity index (χ0) is 14.5. The normalized spacial score (nSPS) is 16.3. The number of aromatic nitrogens is 2. The highest BCUT2D eigenvalue weighted by Gasteiger charge is 2.15. The van der Waals surface area contributed by atoms with E-state index in [1.165, 1.54) is 37.2 Å². The molecule has 3 rings (SSSR count). The smallest absolute Gasteiger partial charge is 0.0946 e. The number of hydrogen-bond acceptors (Lipinski definition) is 3. The summed E-state index contributed by atoms with van der Waals surface area (Å²) in [5.74, 6) is 0. The van der Waals surface area contributed by atoms with Gasteiger partial charge in [-0.05, 0) is 31.4 Å². The molecule has 21 heavy (non-hydrogen) atoms. The van der Waals surface area contributed by atoms with Crippen molar-refractivity contribution in [3.8, 4) is 0 Å². The molecule has 1 N–H and O–H groups in total. The van der Waals surface area contributed by atoms with Crippen LogP contribution in [0.15, 0.2) is 43.0 Å². The summed E-state index contributed by atoms with van der Waals surface area (Å²) in [7, 11) is 0. The SMILES string of the molecule is CC(Cn1ccnc1)NCc1ccccc1N1CCCC1. The van der Waals surface area contributed by atoms with Crippen molar-refractivity contribution in [1.82, 2.24) is 14.9 Å². The van der Waals surface area contributed by atoms with Crippen LogP contribution in [0.5, 0.6) is 0 Å². The molecule has 1 aliphatic rings. The molecule has 1 aromatic carbocycles. The second kappa shape index (κ2) is 6.76. The van der Waals surface area contributed by atoms with E-state index in [0.717, 1.165) is 13.1 Å². The maximum absolute atomic E-state index is 4.09. The Morgan fingerprint density at radius 3 is 2.81 bits per heavy atom. The Morgan fingerprint density at radius 1 is 1.24 bits per heavy atom. The third-order valence-electron chi connectivity index (χ3n) is 4.12. The Bertz CT molecular complexity index is 544. The standard InChI is InChI=1S/C17H24N4/c1-15(13-20-11-8-18-14-20)19-12-16-6-2-3-7-17(16)21-9-4-5-10-21/h2-3,6-8,11,14-15,19H,4-5,9-10,12-13H2,1H3. The first-order chi connectivity index (χ1) is 10.3. The maximum atomic E-state index is 4.09. The highest BCUT2D eigenvalue weighted by atomic mass is 15.1. The first-order valence-corrected chi connectivity index (χ1v) is 7.85. The van der Waals surface area contributed by atoms with Crippen LogP contribution in [0.25, 0.3) is 0 Å². The van der Waals surface area contributed by atoms with Gasteiger partial charge in [-0.25, -0.2) is 4.98 Å².